The minimum Gasteiger partial charge on any atom is -0.425 e. The van der Waals surface area contributed by atoms with Gasteiger partial charge < -0.3 is 9.47 Å². The quantitative estimate of drug-likeness (QED) is 0.425. The number of ether oxygens (including phenoxy) is 2. The molecule has 0 atom stereocenters. The zero-order chi connectivity index (χ0) is 18.4. The third kappa shape index (κ3) is 6.40. The highest BCUT2D eigenvalue weighted by Gasteiger charge is 2.13. The van der Waals surface area contributed by atoms with Crippen LogP contribution in [0.4, 0.5) is 0 Å². The molecule has 0 amide bonds. The Balaban J connectivity index is 1.79. The molecule has 2 aromatic carbocycles. The molecular formula is C17H12Cl4O4. The monoisotopic (exact) mass is 420 g/mol. The van der Waals surface area contributed by atoms with Crippen molar-refractivity contribution in [2.45, 2.75) is 19.3 Å². The zero-order valence-electron chi connectivity index (χ0n) is 12.7. The molecule has 0 fully saturated rings. The van der Waals surface area contributed by atoms with Crippen LogP contribution in [0.15, 0.2) is 36.4 Å². The average Bonchev–Trinajstić information content (AvgIpc) is 2.54. The second-order valence-electron chi connectivity index (χ2n) is 4.95. The van der Waals surface area contributed by atoms with Crippen molar-refractivity contribution in [2.24, 2.45) is 0 Å². The molecule has 0 saturated heterocycles. The third-order valence-corrected chi connectivity index (χ3v) is 4.09. The van der Waals surface area contributed by atoms with Crippen LogP contribution in [-0.4, -0.2) is 11.9 Å². The van der Waals surface area contributed by atoms with Crippen LogP contribution in [-0.2, 0) is 9.59 Å². The number of hydrogen-bond donors (Lipinski definition) is 0. The first kappa shape index (κ1) is 19.9. The maximum absolute atomic E-state index is 11.8. The fourth-order valence-electron chi connectivity index (χ4n) is 1.84. The lowest BCUT2D eigenvalue weighted by molar-refractivity contribution is -0.136. The van der Waals surface area contributed by atoms with Crippen molar-refractivity contribution >= 4 is 58.3 Å². The molecular weight excluding hydrogens is 410 g/mol. The zero-order valence-corrected chi connectivity index (χ0v) is 15.8. The van der Waals surface area contributed by atoms with Crippen molar-refractivity contribution in [3.05, 3.63) is 56.5 Å². The van der Waals surface area contributed by atoms with Gasteiger partial charge in [-0.1, -0.05) is 46.4 Å². The molecule has 0 bridgehead atoms. The lowest BCUT2D eigenvalue weighted by Crippen LogP contribution is -2.12. The van der Waals surface area contributed by atoms with Gasteiger partial charge in [-0.25, -0.2) is 0 Å². The van der Waals surface area contributed by atoms with Gasteiger partial charge in [0.2, 0.25) is 0 Å². The molecule has 0 aliphatic carbocycles. The van der Waals surface area contributed by atoms with Gasteiger partial charge >= 0.3 is 11.9 Å². The van der Waals surface area contributed by atoms with E-state index in [1.807, 2.05) is 0 Å². The molecule has 0 aromatic heterocycles. The van der Waals surface area contributed by atoms with Crippen molar-refractivity contribution in [1.82, 2.24) is 0 Å². The fraction of sp³-hybridized carbons (Fsp3) is 0.176. The number of halogens is 4. The Labute approximate surface area is 164 Å². The maximum atomic E-state index is 11.8. The molecule has 0 heterocycles. The lowest BCUT2D eigenvalue weighted by atomic mass is 10.2. The van der Waals surface area contributed by atoms with Gasteiger partial charge in [-0.2, -0.15) is 0 Å². The van der Waals surface area contributed by atoms with Crippen molar-refractivity contribution in [2.75, 3.05) is 0 Å². The highest BCUT2D eigenvalue weighted by atomic mass is 35.5. The largest absolute Gasteiger partial charge is 0.425 e. The van der Waals surface area contributed by atoms with Gasteiger partial charge in [0.15, 0.2) is 11.5 Å². The molecule has 8 heteroatoms. The van der Waals surface area contributed by atoms with Crippen molar-refractivity contribution in [1.29, 1.82) is 0 Å². The van der Waals surface area contributed by atoms with Crippen LogP contribution >= 0.6 is 46.4 Å². The minimum absolute atomic E-state index is 0.0151. The predicted octanol–water partition coefficient (Wildman–Crippen LogP) is 5.98. The summed E-state index contributed by atoms with van der Waals surface area (Å²) in [5, 5.41) is 1.34. The molecule has 0 aliphatic heterocycles. The number of esters is 2. The van der Waals surface area contributed by atoms with E-state index in [1.165, 1.54) is 24.3 Å². The standard InChI is InChI=1S/C17H12Cl4O4/c18-10-4-6-12(20)14(8-10)24-16(22)2-1-3-17(23)25-15-9-11(19)5-7-13(15)21/h4-9H,1-3H2. The summed E-state index contributed by atoms with van der Waals surface area (Å²) in [6.07, 6.45) is 0.274. The van der Waals surface area contributed by atoms with Crippen LogP contribution in [0.3, 0.4) is 0 Å². The number of carbonyl (C=O) groups is 2. The Hall–Kier alpha value is -1.46. The normalized spacial score (nSPS) is 10.4. The number of hydrogen-bond acceptors (Lipinski definition) is 4. The summed E-state index contributed by atoms with van der Waals surface area (Å²) in [6, 6.07) is 9.10. The first-order valence-electron chi connectivity index (χ1n) is 7.16. The van der Waals surface area contributed by atoms with E-state index in [9.17, 15) is 9.59 Å². The smallest absolute Gasteiger partial charge is 0.311 e. The number of benzene rings is 2. The summed E-state index contributed by atoms with van der Waals surface area (Å²) >= 11 is 23.5. The van der Waals surface area contributed by atoms with Gasteiger partial charge in [-0.05, 0) is 30.7 Å². The molecule has 132 valence electrons. The van der Waals surface area contributed by atoms with Gasteiger partial charge in [-0.3, -0.25) is 9.59 Å². The van der Waals surface area contributed by atoms with E-state index in [4.69, 9.17) is 55.9 Å². The molecule has 2 aromatic rings. The number of rotatable bonds is 6. The Morgan fingerprint density at radius 3 is 1.52 bits per heavy atom. The topological polar surface area (TPSA) is 52.6 Å². The molecule has 0 saturated carbocycles. The van der Waals surface area contributed by atoms with Crippen LogP contribution in [0.1, 0.15) is 19.3 Å². The van der Waals surface area contributed by atoms with Gasteiger partial charge in [-0.15, -0.1) is 0 Å². The number of carbonyl (C=O) groups excluding carboxylic acids is 2. The van der Waals surface area contributed by atoms with E-state index < -0.39 is 11.9 Å². The van der Waals surface area contributed by atoms with E-state index in [1.54, 1.807) is 12.1 Å². The molecule has 0 N–H and O–H groups in total. The second kappa shape index (κ2) is 9.30. The van der Waals surface area contributed by atoms with E-state index in [2.05, 4.69) is 0 Å². The van der Waals surface area contributed by atoms with Crippen LogP contribution in [0, 0.1) is 0 Å². The van der Waals surface area contributed by atoms with Crippen LogP contribution in [0.25, 0.3) is 0 Å². The summed E-state index contributed by atoms with van der Waals surface area (Å²) in [5.41, 5.74) is 0. The Morgan fingerprint density at radius 2 is 1.12 bits per heavy atom. The summed E-state index contributed by atoms with van der Waals surface area (Å²) in [7, 11) is 0. The van der Waals surface area contributed by atoms with Gasteiger partial charge in [0.25, 0.3) is 0 Å². The summed E-state index contributed by atoms with van der Waals surface area (Å²) in [5.74, 6) is -0.713. The van der Waals surface area contributed by atoms with Gasteiger partial charge in [0.1, 0.15) is 0 Å². The van der Waals surface area contributed by atoms with Crippen molar-refractivity contribution in [3.63, 3.8) is 0 Å². The molecule has 0 aliphatic rings. The average molecular weight is 422 g/mol. The highest BCUT2D eigenvalue weighted by molar-refractivity contribution is 6.34. The highest BCUT2D eigenvalue weighted by Crippen LogP contribution is 2.29. The summed E-state index contributed by atoms with van der Waals surface area (Å²) in [6.45, 7) is 0. The van der Waals surface area contributed by atoms with Gasteiger partial charge in [0, 0.05) is 35.0 Å². The first-order chi connectivity index (χ1) is 11.8. The maximum Gasteiger partial charge on any atom is 0.311 e. The third-order valence-electron chi connectivity index (χ3n) is 3.00. The first-order valence-corrected chi connectivity index (χ1v) is 8.68. The van der Waals surface area contributed by atoms with E-state index in [0.717, 1.165) is 0 Å². The van der Waals surface area contributed by atoms with E-state index >= 15 is 0 Å². The summed E-state index contributed by atoms with van der Waals surface area (Å²) in [4.78, 5) is 23.6. The molecule has 4 nitrogen and oxygen atoms in total. The predicted molar refractivity (Wildman–Crippen MR) is 98.0 cm³/mol. The summed E-state index contributed by atoms with van der Waals surface area (Å²) < 4.78 is 10.2. The van der Waals surface area contributed by atoms with Gasteiger partial charge in [0.05, 0.1) is 10.0 Å². The molecule has 0 spiro atoms. The molecule has 2 rings (SSSR count). The molecule has 25 heavy (non-hydrogen) atoms. The Bertz CT molecular complexity index is 727. The fourth-order valence-corrected chi connectivity index (χ4v) is 2.47. The Kier molecular flexibility index (Phi) is 7.38. The van der Waals surface area contributed by atoms with E-state index in [0.29, 0.717) is 10.0 Å². The van der Waals surface area contributed by atoms with E-state index in [-0.39, 0.29) is 40.8 Å². The minimum atomic E-state index is -0.530. The second-order valence-corrected chi connectivity index (χ2v) is 6.64. The SMILES string of the molecule is O=C(CCCC(=O)Oc1cc(Cl)ccc1Cl)Oc1cc(Cl)ccc1Cl. The van der Waals surface area contributed by atoms with Crippen molar-refractivity contribution < 1.29 is 19.1 Å². The Morgan fingerprint density at radius 1 is 0.720 bits per heavy atom. The van der Waals surface area contributed by atoms with Crippen molar-refractivity contribution in [3.8, 4) is 11.5 Å². The lowest BCUT2D eigenvalue weighted by Gasteiger charge is -2.08. The molecule has 0 unspecified atom stereocenters. The van der Waals surface area contributed by atoms with Crippen LogP contribution < -0.4 is 9.47 Å². The van der Waals surface area contributed by atoms with Crippen LogP contribution in [0.2, 0.25) is 20.1 Å². The molecule has 0 radical (unpaired) electrons. The van der Waals surface area contributed by atoms with Crippen LogP contribution in [0.5, 0.6) is 11.5 Å².